The van der Waals surface area contributed by atoms with Crippen molar-refractivity contribution in [3.63, 3.8) is 0 Å². The molecule has 0 aliphatic rings. The minimum Gasteiger partial charge on any atom is -0.368 e. The standard InChI is InChI=1S/C16H20N2OS/c1-3-12-6-8-13(9-7-12)15(14-5-4-10-20-14)18-11(2)16(17)19/h4-11,15,18H,3H2,1-2H3,(H2,17,19)/t11-,15+/m0/s1. The van der Waals surface area contributed by atoms with E-state index in [1.807, 2.05) is 11.4 Å². The van der Waals surface area contributed by atoms with E-state index < -0.39 is 0 Å². The second-order valence-corrected chi connectivity index (χ2v) is 5.81. The molecule has 3 N–H and O–H groups in total. The summed E-state index contributed by atoms with van der Waals surface area (Å²) in [5, 5.41) is 5.35. The fraction of sp³-hybridized carbons (Fsp3) is 0.312. The first-order chi connectivity index (χ1) is 9.61. The molecular formula is C16H20N2OS. The molecule has 0 unspecified atom stereocenters. The molecule has 0 aliphatic carbocycles. The van der Waals surface area contributed by atoms with Crippen LogP contribution in [0.4, 0.5) is 0 Å². The molecule has 0 saturated carbocycles. The molecule has 1 aromatic carbocycles. The van der Waals surface area contributed by atoms with Crippen molar-refractivity contribution in [3.8, 4) is 0 Å². The lowest BCUT2D eigenvalue weighted by atomic mass is 10.0. The van der Waals surface area contributed by atoms with Gasteiger partial charge in [0.1, 0.15) is 0 Å². The van der Waals surface area contributed by atoms with Crippen LogP contribution in [0.5, 0.6) is 0 Å². The first-order valence-electron chi connectivity index (χ1n) is 6.79. The molecule has 0 radical (unpaired) electrons. The summed E-state index contributed by atoms with van der Waals surface area (Å²) in [7, 11) is 0. The lowest BCUT2D eigenvalue weighted by molar-refractivity contribution is -0.119. The fourth-order valence-electron chi connectivity index (χ4n) is 2.08. The van der Waals surface area contributed by atoms with Gasteiger partial charge in [-0.3, -0.25) is 10.1 Å². The quantitative estimate of drug-likeness (QED) is 0.858. The molecular weight excluding hydrogens is 268 g/mol. The van der Waals surface area contributed by atoms with Gasteiger partial charge in [-0.25, -0.2) is 0 Å². The van der Waals surface area contributed by atoms with Crippen LogP contribution >= 0.6 is 11.3 Å². The molecule has 0 aliphatic heterocycles. The summed E-state index contributed by atoms with van der Waals surface area (Å²) in [6.07, 6.45) is 1.02. The number of primary amides is 1. The van der Waals surface area contributed by atoms with E-state index in [0.717, 1.165) is 12.0 Å². The van der Waals surface area contributed by atoms with Gasteiger partial charge in [0.05, 0.1) is 12.1 Å². The van der Waals surface area contributed by atoms with Gasteiger partial charge in [0.25, 0.3) is 0 Å². The minimum atomic E-state index is -0.368. The molecule has 1 heterocycles. The SMILES string of the molecule is CCc1ccc([C@@H](N[C@@H](C)C(N)=O)c2cccs2)cc1. The molecule has 0 bridgehead atoms. The summed E-state index contributed by atoms with van der Waals surface area (Å²) < 4.78 is 0. The summed E-state index contributed by atoms with van der Waals surface area (Å²) in [5.41, 5.74) is 7.82. The zero-order chi connectivity index (χ0) is 14.5. The number of thiophene rings is 1. The van der Waals surface area contributed by atoms with Crippen molar-refractivity contribution in [2.75, 3.05) is 0 Å². The van der Waals surface area contributed by atoms with Crippen LogP contribution in [-0.2, 0) is 11.2 Å². The van der Waals surface area contributed by atoms with Gasteiger partial charge >= 0.3 is 0 Å². The molecule has 2 atom stereocenters. The molecule has 20 heavy (non-hydrogen) atoms. The summed E-state index contributed by atoms with van der Waals surface area (Å²) in [6, 6.07) is 12.2. The van der Waals surface area contributed by atoms with Gasteiger partial charge in [-0.05, 0) is 35.9 Å². The van der Waals surface area contributed by atoms with Gasteiger partial charge < -0.3 is 5.73 Å². The van der Waals surface area contributed by atoms with Gasteiger partial charge in [-0.15, -0.1) is 11.3 Å². The molecule has 0 spiro atoms. The Labute approximate surface area is 123 Å². The Balaban J connectivity index is 2.28. The maximum atomic E-state index is 11.3. The Hall–Kier alpha value is -1.65. The second kappa shape index (κ2) is 6.68. The van der Waals surface area contributed by atoms with Crippen molar-refractivity contribution < 1.29 is 4.79 Å². The smallest absolute Gasteiger partial charge is 0.234 e. The van der Waals surface area contributed by atoms with Crippen molar-refractivity contribution in [3.05, 3.63) is 57.8 Å². The van der Waals surface area contributed by atoms with E-state index >= 15 is 0 Å². The van der Waals surface area contributed by atoms with Crippen molar-refractivity contribution in [1.82, 2.24) is 5.32 Å². The average molecular weight is 288 g/mol. The third-order valence-corrected chi connectivity index (χ3v) is 4.33. The summed E-state index contributed by atoms with van der Waals surface area (Å²) in [5.74, 6) is -0.336. The van der Waals surface area contributed by atoms with E-state index in [4.69, 9.17) is 5.73 Å². The van der Waals surface area contributed by atoms with Crippen LogP contribution in [0.25, 0.3) is 0 Å². The monoisotopic (exact) mass is 288 g/mol. The van der Waals surface area contributed by atoms with E-state index in [2.05, 4.69) is 42.6 Å². The van der Waals surface area contributed by atoms with Gasteiger partial charge in [0.15, 0.2) is 0 Å². The molecule has 1 amide bonds. The maximum Gasteiger partial charge on any atom is 0.234 e. The maximum absolute atomic E-state index is 11.3. The van der Waals surface area contributed by atoms with Gasteiger partial charge in [0.2, 0.25) is 5.91 Å². The third-order valence-electron chi connectivity index (χ3n) is 3.39. The molecule has 2 aromatic rings. The molecule has 106 valence electrons. The number of rotatable bonds is 6. The van der Waals surface area contributed by atoms with E-state index in [1.165, 1.54) is 10.4 Å². The largest absolute Gasteiger partial charge is 0.368 e. The van der Waals surface area contributed by atoms with Gasteiger partial charge in [-0.2, -0.15) is 0 Å². The van der Waals surface area contributed by atoms with E-state index in [-0.39, 0.29) is 18.0 Å². The topological polar surface area (TPSA) is 55.1 Å². The number of amides is 1. The third kappa shape index (κ3) is 3.46. The number of hydrogen-bond acceptors (Lipinski definition) is 3. The van der Waals surface area contributed by atoms with Crippen LogP contribution in [0.2, 0.25) is 0 Å². The fourth-order valence-corrected chi connectivity index (χ4v) is 2.89. The predicted octanol–water partition coefficient (Wildman–Crippen LogP) is 2.86. The molecule has 0 fully saturated rings. The number of carbonyl (C=O) groups is 1. The van der Waals surface area contributed by atoms with Crippen LogP contribution < -0.4 is 11.1 Å². The highest BCUT2D eigenvalue weighted by Gasteiger charge is 2.19. The number of hydrogen-bond donors (Lipinski definition) is 2. The van der Waals surface area contributed by atoms with Crippen molar-refractivity contribution >= 4 is 17.2 Å². The lowest BCUT2D eigenvalue weighted by Gasteiger charge is -2.21. The normalized spacial score (nSPS) is 13.9. The first kappa shape index (κ1) is 14.8. The highest BCUT2D eigenvalue weighted by Crippen LogP contribution is 2.26. The summed E-state index contributed by atoms with van der Waals surface area (Å²) in [6.45, 7) is 3.93. The lowest BCUT2D eigenvalue weighted by Crippen LogP contribution is -2.40. The molecule has 4 heteroatoms. The Bertz CT molecular complexity index is 548. The Morgan fingerprint density at radius 3 is 2.50 bits per heavy atom. The molecule has 1 aromatic heterocycles. The van der Waals surface area contributed by atoms with E-state index in [1.54, 1.807) is 18.3 Å². The zero-order valence-electron chi connectivity index (χ0n) is 11.8. The zero-order valence-corrected chi connectivity index (χ0v) is 12.6. The summed E-state index contributed by atoms with van der Waals surface area (Å²) >= 11 is 1.67. The van der Waals surface area contributed by atoms with E-state index in [0.29, 0.717) is 0 Å². The number of carbonyl (C=O) groups excluding carboxylic acids is 1. The Morgan fingerprint density at radius 2 is 2.00 bits per heavy atom. The highest BCUT2D eigenvalue weighted by atomic mass is 32.1. The van der Waals surface area contributed by atoms with Crippen molar-refractivity contribution in [2.45, 2.75) is 32.4 Å². The van der Waals surface area contributed by atoms with Gasteiger partial charge in [-0.1, -0.05) is 37.3 Å². The Morgan fingerprint density at radius 1 is 1.30 bits per heavy atom. The van der Waals surface area contributed by atoms with Crippen LogP contribution in [0.1, 0.15) is 35.9 Å². The molecule has 3 nitrogen and oxygen atoms in total. The first-order valence-corrected chi connectivity index (χ1v) is 7.67. The number of aryl methyl sites for hydroxylation is 1. The highest BCUT2D eigenvalue weighted by molar-refractivity contribution is 7.10. The van der Waals surface area contributed by atoms with Crippen LogP contribution in [-0.4, -0.2) is 11.9 Å². The second-order valence-electron chi connectivity index (χ2n) is 4.83. The van der Waals surface area contributed by atoms with Crippen LogP contribution in [0.15, 0.2) is 41.8 Å². The average Bonchev–Trinajstić information content (AvgIpc) is 2.98. The van der Waals surface area contributed by atoms with E-state index in [9.17, 15) is 4.79 Å². The number of benzene rings is 1. The minimum absolute atomic E-state index is 0.00315. The molecule has 0 saturated heterocycles. The van der Waals surface area contributed by atoms with Crippen LogP contribution in [0.3, 0.4) is 0 Å². The number of nitrogens with one attached hydrogen (secondary N) is 1. The summed E-state index contributed by atoms with van der Waals surface area (Å²) in [4.78, 5) is 12.5. The van der Waals surface area contributed by atoms with Crippen molar-refractivity contribution in [2.24, 2.45) is 5.73 Å². The van der Waals surface area contributed by atoms with Crippen molar-refractivity contribution in [1.29, 1.82) is 0 Å². The molecule has 2 rings (SSSR count). The Kier molecular flexibility index (Phi) is 4.93. The number of nitrogens with two attached hydrogens (primary N) is 1. The van der Waals surface area contributed by atoms with Gasteiger partial charge in [0, 0.05) is 4.88 Å². The predicted molar refractivity (Wildman–Crippen MR) is 83.8 cm³/mol. The van der Waals surface area contributed by atoms with Crippen LogP contribution in [0, 0.1) is 0 Å².